The van der Waals surface area contributed by atoms with Crippen LogP contribution in [0.1, 0.15) is 11.7 Å². The zero-order chi connectivity index (χ0) is 10.7. The Morgan fingerprint density at radius 3 is 3.07 bits per heavy atom. The van der Waals surface area contributed by atoms with E-state index in [1.165, 1.54) is 0 Å². The Hall–Kier alpha value is -2.11. The fourth-order valence-electron chi connectivity index (χ4n) is 1.13. The van der Waals surface area contributed by atoms with Crippen LogP contribution in [-0.4, -0.2) is 15.1 Å². The van der Waals surface area contributed by atoms with Crippen LogP contribution in [0.5, 0.6) is 0 Å². The summed E-state index contributed by atoms with van der Waals surface area (Å²) < 4.78 is 4.83. The first kappa shape index (κ1) is 9.45. The molecule has 0 aliphatic rings. The molecule has 0 fully saturated rings. The maximum absolute atomic E-state index is 5.60. The summed E-state index contributed by atoms with van der Waals surface area (Å²) in [4.78, 5) is 8.13. The molecule has 78 valence electrons. The number of hydrogen-bond acceptors (Lipinski definition) is 6. The first-order chi connectivity index (χ1) is 7.24. The Labute approximate surface area is 86.5 Å². The molecule has 6 nitrogen and oxygen atoms in total. The van der Waals surface area contributed by atoms with E-state index in [0.717, 1.165) is 0 Å². The van der Waals surface area contributed by atoms with Gasteiger partial charge in [-0.25, -0.2) is 4.98 Å². The molecule has 0 radical (unpaired) electrons. The molecule has 0 aliphatic carbocycles. The van der Waals surface area contributed by atoms with Gasteiger partial charge in [-0.05, 0) is 6.07 Å². The van der Waals surface area contributed by atoms with Crippen molar-refractivity contribution in [3.8, 4) is 0 Å². The second-order valence-electron chi connectivity index (χ2n) is 3.06. The topological polar surface area (TPSA) is 89.9 Å². The fourth-order valence-corrected chi connectivity index (χ4v) is 1.13. The second-order valence-corrected chi connectivity index (χ2v) is 3.06. The van der Waals surface area contributed by atoms with E-state index in [1.54, 1.807) is 25.3 Å². The molecule has 0 amide bonds. The SMILES string of the molecule is Cc1nc(CNc2cc(N)ccn2)no1. The van der Waals surface area contributed by atoms with Crippen LogP contribution in [0, 0.1) is 6.92 Å². The molecule has 2 rings (SSSR count). The number of hydrogen-bond donors (Lipinski definition) is 2. The van der Waals surface area contributed by atoms with Crippen LogP contribution in [0.25, 0.3) is 0 Å². The summed E-state index contributed by atoms with van der Waals surface area (Å²) in [5.74, 6) is 1.83. The molecule has 3 N–H and O–H groups in total. The Balaban J connectivity index is 1.99. The van der Waals surface area contributed by atoms with E-state index in [0.29, 0.717) is 29.8 Å². The van der Waals surface area contributed by atoms with Crippen molar-refractivity contribution >= 4 is 11.5 Å². The number of nitrogens with one attached hydrogen (secondary N) is 1. The maximum atomic E-state index is 5.60. The molecule has 0 saturated heterocycles. The molecule has 15 heavy (non-hydrogen) atoms. The fraction of sp³-hybridized carbons (Fsp3) is 0.222. The summed E-state index contributed by atoms with van der Waals surface area (Å²) in [6, 6.07) is 3.47. The van der Waals surface area contributed by atoms with Gasteiger partial charge in [-0.15, -0.1) is 0 Å². The first-order valence-corrected chi connectivity index (χ1v) is 4.48. The lowest BCUT2D eigenvalue weighted by molar-refractivity contribution is 0.388. The highest BCUT2D eigenvalue weighted by Gasteiger charge is 2.01. The van der Waals surface area contributed by atoms with Crippen LogP contribution < -0.4 is 11.1 Å². The first-order valence-electron chi connectivity index (χ1n) is 4.48. The van der Waals surface area contributed by atoms with Crippen molar-refractivity contribution in [2.75, 3.05) is 11.1 Å². The third-order valence-corrected chi connectivity index (χ3v) is 1.78. The Bertz CT molecular complexity index is 453. The predicted molar refractivity (Wildman–Crippen MR) is 55.0 cm³/mol. The molecular weight excluding hydrogens is 194 g/mol. The highest BCUT2D eigenvalue weighted by Crippen LogP contribution is 2.08. The van der Waals surface area contributed by atoms with E-state index < -0.39 is 0 Å². The normalized spacial score (nSPS) is 10.2. The molecule has 6 heteroatoms. The third kappa shape index (κ3) is 2.43. The van der Waals surface area contributed by atoms with E-state index in [4.69, 9.17) is 10.3 Å². The number of nitrogens with two attached hydrogens (primary N) is 1. The van der Waals surface area contributed by atoms with E-state index in [9.17, 15) is 0 Å². The van der Waals surface area contributed by atoms with E-state index in [-0.39, 0.29) is 0 Å². The molecule has 0 aromatic carbocycles. The lowest BCUT2D eigenvalue weighted by Gasteiger charge is -2.02. The number of aromatic nitrogens is 3. The highest BCUT2D eigenvalue weighted by atomic mass is 16.5. The molecule has 2 aromatic heterocycles. The highest BCUT2D eigenvalue weighted by molar-refractivity contribution is 5.48. The van der Waals surface area contributed by atoms with Crippen LogP contribution >= 0.6 is 0 Å². The third-order valence-electron chi connectivity index (χ3n) is 1.78. The number of aryl methyl sites for hydroxylation is 1. The molecule has 0 aliphatic heterocycles. The monoisotopic (exact) mass is 205 g/mol. The van der Waals surface area contributed by atoms with Gasteiger partial charge in [0.15, 0.2) is 5.82 Å². The lowest BCUT2D eigenvalue weighted by Crippen LogP contribution is -2.03. The summed E-state index contributed by atoms with van der Waals surface area (Å²) in [6.07, 6.45) is 1.64. The van der Waals surface area contributed by atoms with Crippen molar-refractivity contribution < 1.29 is 4.52 Å². The van der Waals surface area contributed by atoms with Crippen LogP contribution in [0.4, 0.5) is 11.5 Å². The molecule has 2 aromatic rings. The maximum Gasteiger partial charge on any atom is 0.223 e. The van der Waals surface area contributed by atoms with Crippen molar-refractivity contribution in [1.82, 2.24) is 15.1 Å². The Morgan fingerprint density at radius 1 is 1.53 bits per heavy atom. The molecule has 0 atom stereocenters. The summed E-state index contributed by atoms with van der Waals surface area (Å²) in [5, 5.41) is 6.78. The van der Waals surface area contributed by atoms with Gasteiger partial charge in [0.25, 0.3) is 0 Å². The zero-order valence-corrected chi connectivity index (χ0v) is 8.27. The van der Waals surface area contributed by atoms with E-state index in [2.05, 4.69) is 20.4 Å². The van der Waals surface area contributed by atoms with Gasteiger partial charge in [0, 0.05) is 24.9 Å². The van der Waals surface area contributed by atoms with Crippen molar-refractivity contribution in [2.45, 2.75) is 13.5 Å². The largest absolute Gasteiger partial charge is 0.399 e. The van der Waals surface area contributed by atoms with Gasteiger partial charge in [-0.3, -0.25) is 0 Å². The molecule has 0 spiro atoms. The minimum atomic E-state index is 0.466. The molecular formula is C9H11N5O. The number of rotatable bonds is 3. The number of pyridine rings is 1. The summed E-state index contributed by atoms with van der Waals surface area (Å²) in [7, 11) is 0. The summed E-state index contributed by atoms with van der Waals surface area (Å²) in [6.45, 7) is 2.21. The average molecular weight is 205 g/mol. The Morgan fingerprint density at radius 2 is 2.40 bits per heavy atom. The quantitative estimate of drug-likeness (QED) is 0.775. The van der Waals surface area contributed by atoms with Crippen LogP contribution in [-0.2, 0) is 6.54 Å². The van der Waals surface area contributed by atoms with Gasteiger partial charge >= 0.3 is 0 Å². The van der Waals surface area contributed by atoms with E-state index >= 15 is 0 Å². The molecule has 0 saturated carbocycles. The number of nitrogens with zero attached hydrogens (tertiary/aromatic N) is 3. The van der Waals surface area contributed by atoms with Gasteiger partial charge in [-0.2, -0.15) is 4.98 Å². The number of nitrogen functional groups attached to an aromatic ring is 1. The lowest BCUT2D eigenvalue weighted by atomic mass is 10.4. The van der Waals surface area contributed by atoms with Crippen molar-refractivity contribution in [2.24, 2.45) is 0 Å². The minimum absolute atomic E-state index is 0.466. The van der Waals surface area contributed by atoms with Gasteiger partial charge in [-0.1, -0.05) is 5.16 Å². The van der Waals surface area contributed by atoms with Gasteiger partial charge < -0.3 is 15.6 Å². The van der Waals surface area contributed by atoms with Gasteiger partial charge in [0.1, 0.15) is 5.82 Å². The van der Waals surface area contributed by atoms with Gasteiger partial charge in [0.05, 0.1) is 6.54 Å². The summed E-state index contributed by atoms with van der Waals surface area (Å²) in [5.41, 5.74) is 6.27. The van der Waals surface area contributed by atoms with Crippen molar-refractivity contribution in [3.05, 3.63) is 30.0 Å². The Kier molecular flexibility index (Phi) is 2.49. The molecule has 0 bridgehead atoms. The molecule has 0 unspecified atom stereocenters. The molecule has 2 heterocycles. The minimum Gasteiger partial charge on any atom is -0.399 e. The summed E-state index contributed by atoms with van der Waals surface area (Å²) >= 11 is 0. The predicted octanol–water partition coefficient (Wildman–Crippen LogP) is 0.967. The second kappa shape index (κ2) is 3.95. The van der Waals surface area contributed by atoms with Crippen LogP contribution in [0.2, 0.25) is 0 Å². The van der Waals surface area contributed by atoms with Crippen LogP contribution in [0.15, 0.2) is 22.9 Å². The zero-order valence-electron chi connectivity index (χ0n) is 8.27. The standard InChI is InChI=1S/C9H11N5O/c1-6-13-9(14-15-6)5-12-8-4-7(10)2-3-11-8/h2-4H,5H2,1H3,(H3,10,11,12). The van der Waals surface area contributed by atoms with Crippen molar-refractivity contribution in [3.63, 3.8) is 0 Å². The van der Waals surface area contributed by atoms with E-state index in [1.807, 2.05) is 0 Å². The van der Waals surface area contributed by atoms with Gasteiger partial charge in [0.2, 0.25) is 5.89 Å². The number of anilines is 2. The van der Waals surface area contributed by atoms with Crippen LogP contribution in [0.3, 0.4) is 0 Å². The smallest absolute Gasteiger partial charge is 0.223 e. The van der Waals surface area contributed by atoms with Crippen molar-refractivity contribution in [1.29, 1.82) is 0 Å². The average Bonchev–Trinajstić information content (AvgIpc) is 2.62.